The second kappa shape index (κ2) is 9.00. The lowest BCUT2D eigenvalue weighted by molar-refractivity contribution is -0.122. The maximum absolute atomic E-state index is 12.8. The van der Waals surface area contributed by atoms with Gasteiger partial charge in [-0.25, -0.2) is 4.68 Å². The molecule has 1 aliphatic rings. The van der Waals surface area contributed by atoms with Gasteiger partial charge in [0, 0.05) is 36.3 Å². The molecule has 3 rings (SSSR count). The summed E-state index contributed by atoms with van der Waals surface area (Å²) in [5, 5.41) is 10.3. The Morgan fingerprint density at radius 2 is 1.93 bits per heavy atom. The van der Waals surface area contributed by atoms with Crippen molar-refractivity contribution in [2.24, 2.45) is 0 Å². The summed E-state index contributed by atoms with van der Waals surface area (Å²) < 4.78 is 6.54. The van der Waals surface area contributed by atoms with E-state index in [-0.39, 0.29) is 23.8 Å². The first kappa shape index (κ1) is 21.4. The van der Waals surface area contributed by atoms with Gasteiger partial charge in [-0.1, -0.05) is 32.9 Å². The SMILES string of the molecule is COCCNC(=O)Cn1nc2c(c1NC(=O)c1ccc(C(C)(C)C)cc1)CSC2. The average molecular weight is 417 g/mol. The van der Waals surface area contributed by atoms with Crippen molar-refractivity contribution in [3.63, 3.8) is 0 Å². The third-order valence-electron chi connectivity index (χ3n) is 4.79. The molecule has 0 unspecified atom stereocenters. The molecule has 0 saturated heterocycles. The Labute approximate surface area is 175 Å². The Bertz CT molecular complexity index is 885. The molecular weight excluding hydrogens is 388 g/mol. The molecule has 156 valence electrons. The van der Waals surface area contributed by atoms with E-state index in [2.05, 4.69) is 36.5 Å². The summed E-state index contributed by atoms with van der Waals surface area (Å²) in [7, 11) is 1.59. The molecule has 1 aromatic heterocycles. The summed E-state index contributed by atoms with van der Waals surface area (Å²) in [5.41, 5.74) is 3.71. The lowest BCUT2D eigenvalue weighted by Crippen LogP contribution is -2.31. The number of nitrogens with zero attached hydrogens (tertiary/aromatic N) is 2. The van der Waals surface area contributed by atoms with Crippen molar-refractivity contribution >= 4 is 29.4 Å². The van der Waals surface area contributed by atoms with Gasteiger partial charge in [-0.2, -0.15) is 16.9 Å². The largest absolute Gasteiger partial charge is 0.383 e. The molecule has 0 radical (unpaired) electrons. The zero-order chi connectivity index (χ0) is 21.0. The minimum Gasteiger partial charge on any atom is -0.383 e. The highest BCUT2D eigenvalue weighted by molar-refractivity contribution is 7.98. The summed E-state index contributed by atoms with van der Waals surface area (Å²) in [6, 6.07) is 7.64. The van der Waals surface area contributed by atoms with Crippen molar-refractivity contribution in [2.45, 2.75) is 44.2 Å². The van der Waals surface area contributed by atoms with Gasteiger partial charge >= 0.3 is 0 Å². The van der Waals surface area contributed by atoms with Gasteiger partial charge in [-0.05, 0) is 23.1 Å². The number of aromatic nitrogens is 2. The summed E-state index contributed by atoms with van der Waals surface area (Å²) in [6.45, 7) is 7.36. The number of hydrogen-bond donors (Lipinski definition) is 2. The van der Waals surface area contributed by atoms with E-state index < -0.39 is 0 Å². The maximum atomic E-state index is 12.8. The molecule has 2 aromatic rings. The zero-order valence-electron chi connectivity index (χ0n) is 17.4. The molecule has 0 saturated carbocycles. The third-order valence-corrected chi connectivity index (χ3v) is 5.76. The van der Waals surface area contributed by atoms with Crippen LogP contribution >= 0.6 is 11.8 Å². The van der Waals surface area contributed by atoms with Gasteiger partial charge in [0.1, 0.15) is 12.4 Å². The van der Waals surface area contributed by atoms with Crippen LogP contribution in [0, 0.1) is 0 Å². The first-order chi connectivity index (χ1) is 13.8. The standard InChI is InChI=1S/C21H28N4O3S/c1-21(2,3)15-7-5-14(6-8-15)20(27)23-19-16-12-29-13-17(16)24-25(19)11-18(26)22-9-10-28-4/h5-8H,9-13H2,1-4H3,(H,22,26)(H,23,27). The highest BCUT2D eigenvalue weighted by atomic mass is 32.2. The molecule has 2 heterocycles. The van der Waals surface area contributed by atoms with E-state index in [0.717, 1.165) is 22.8 Å². The Balaban J connectivity index is 1.76. The number of ether oxygens (including phenoxy) is 1. The summed E-state index contributed by atoms with van der Waals surface area (Å²) in [4.78, 5) is 25.1. The number of benzene rings is 1. The van der Waals surface area contributed by atoms with Gasteiger partial charge in [0.25, 0.3) is 5.91 Å². The van der Waals surface area contributed by atoms with Crippen molar-refractivity contribution in [2.75, 3.05) is 25.6 Å². The second-order valence-corrected chi connectivity index (χ2v) is 9.03. The quantitative estimate of drug-likeness (QED) is 0.678. The third kappa shape index (κ3) is 5.19. The lowest BCUT2D eigenvalue weighted by atomic mass is 9.87. The summed E-state index contributed by atoms with van der Waals surface area (Å²) in [6.07, 6.45) is 0. The minimum absolute atomic E-state index is 0.0296. The average Bonchev–Trinajstić information content (AvgIpc) is 3.24. The first-order valence-electron chi connectivity index (χ1n) is 9.63. The number of methoxy groups -OCH3 is 1. The molecule has 29 heavy (non-hydrogen) atoms. The molecule has 0 fully saturated rings. The predicted molar refractivity (Wildman–Crippen MR) is 115 cm³/mol. The number of carbonyl (C=O) groups excluding carboxylic acids is 2. The fraction of sp³-hybridized carbons (Fsp3) is 0.476. The topological polar surface area (TPSA) is 85.2 Å². The number of thioether (sulfide) groups is 1. The van der Waals surface area contributed by atoms with Crippen LogP contribution in [0.5, 0.6) is 0 Å². The van der Waals surface area contributed by atoms with Gasteiger partial charge < -0.3 is 15.4 Å². The van der Waals surface area contributed by atoms with Gasteiger partial charge in [0.05, 0.1) is 12.3 Å². The molecule has 0 aliphatic carbocycles. The van der Waals surface area contributed by atoms with E-state index in [1.165, 1.54) is 5.56 Å². The van der Waals surface area contributed by atoms with Crippen molar-refractivity contribution in [1.82, 2.24) is 15.1 Å². The Hall–Kier alpha value is -2.32. The van der Waals surface area contributed by atoms with Crippen LogP contribution in [0.2, 0.25) is 0 Å². The predicted octanol–water partition coefficient (Wildman–Crippen LogP) is 2.94. The summed E-state index contributed by atoms with van der Waals surface area (Å²) >= 11 is 1.75. The van der Waals surface area contributed by atoms with Crippen LogP contribution < -0.4 is 10.6 Å². The van der Waals surface area contributed by atoms with Crippen molar-refractivity contribution < 1.29 is 14.3 Å². The number of fused-ring (bicyclic) bond motifs is 1. The molecule has 0 spiro atoms. The molecule has 1 aromatic carbocycles. The Morgan fingerprint density at radius 3 is 2.59 bits per heavy atom. The molecule has 2 amide bonds. The number of amides is 2. The number of anilines is 1. The van der Waals surface area contributed by atoms with E-state index in [1.54, 1.807) is 23.6 Å². The van der Waals surface area contributed by atoms with Crippen LogP contribution in [0.3, 0.4) is 0 Å². The van der Waals surface area contributed by atoms with E-state index in [0.29, 0.717) is 24.5 Å². The number of carbonyl (C=O) groups is 2. The van der Waals surface area contributed by atoms with Gasteiger partial charge in [-0.3, -0.25) is 9.59 Å². The van der Waals surface area contributed by atoms with Crippen LogP contribution in [0.15, 0.2) is 24.3 Å². The maximum Gasteiger partial charge on any atom is 0.256 e. The van der Waals surface area contributed by atoms with E-state index in [1.807, 2.05) is 24.3 Å². The normalized spacial score (nSPS) is 13.2. The smallest absolute Gasteiger partial charge is 0.256 e. The fourth-order valence-corrected chi connectivity index (χ4v) is 4.14. The van der Waals surface area contributed by atoms with Gasteiger partial charge in [0.15, 0.2) is 0 Å². The molecular formula is C21H28N4O3S. The van der Waals surface area contributed by atoms with Gasteiger partial charge in [0.2, 0.25) is 5.91 Å². The molecule has 1 aliphatic heterocycles. The molecule has 8 heteroatoms. The molecule has 0 atom stereocenters. The Kier molecular flexibility index (Phi) is 6.64. The summed E-state index contributed by atoms with van der Waals surface area (Å²) in [5.74, 6) is 1.81. The molecule has 0 bridgehead atoms. The second-order valence-electron chi connectivity index (χ2n) is 8.05. The number of rotatable bonds is 7. The van der Waals surface area contributed by atoms with Crippen LogP contribution in [-0.4, -0.2) is 41.9 Å². The van der Waals surface area contributed by atoms with E-state index in [9.17, 15) is 9.59 Å². The van der Waals surface area contributed by atoms with Crippen molar-refractivity contribution in [1.29, 1.82) is 0 Å². The zero-order valence-corrected chi connectivity index (χ0v) is 18.2. The Morgan fingerprint density at radius 1 is 1.21 bits per heavy atom. The number of nitrogens with one attached hydrogen (secondary N) is 2. The van der Waals surface area contributed by atoms with Crippen LogP contribution in [0.25, 0.3) is 0 Å². The molecule has 2 N–H and O–H groups in total. The van der Waals surface area contributed by atoms with Crippen LogP contribution in [0.4, 0.5) is 5.82 Å². The van der Waals surface area contributed by atoms with Crippen LogP contribution in [0.1, 0.15) is 48.0 Å². The monoisotopic (exact) mass is 416 g/mol. The van der Waals surface area contributed by atoms with Crippen molar-refractivity contribution in [3.05, 3.63) is 46.6 Å². The minimum atomic E-state index is -0.203. The molecule has 7 nitrogen and oxygen atoms in total. The van der Waals surface area contributed by atoms with Crippen LogP contribution in [-0.2, 0) is 33.0 Å². The van der Waals surface area contributed by atoms with Gasteiger partial charge in [-0.15, -0.1) is 0 Å². The first-order valence-corrected chi connectivity index (χ1v) is 10.8. The van der Waals surface area contributed by atoms with E-state index in [4.69, 9.17) is 4.74 Å². The highest BCUT2D eigenvalue weighted by Crippen LogP contribution is 2.35. The highest BCUT2D eigenvalue weighted by Gasteiger charge is 2.25. The fourth-order valence-electron chi connectivity index (χ4n) is 3.11. The number of hydrogen-bond acceptors (Lipinski definition) is 5. The van der Waals surface area contributed by atoms with E-state index >= 15 is 0 Å². The lowest BCUT2D eigenvalue weighted by Gasteiger charge is -2.19. The van der Waals surface area contributed by atoms with Crippen molar-refractivity contribution in [3.8, 4) is 0 Å².